The molecule has 0 fully saturated rings. The Balaban J connectivity index is 1.39. The van der Waals surface area contributed by atoms with Crippen LogP contribution in [0.25, 0.3) is 10.9 Å². The number of para-hydroxylation sites is 1. The second-order valence-electron chi connectivity index (χ2n) is 6.36. The van der Waals surface area contributed by atoms with Gasteiger partial charge in [-0.25, -0.2) is 4.98 Å². The lowest BCUT2D eigenvalue weighted by Crippen LogP contribution is -2.23. The number of carbonyl (C=O) groups excluding carboxylic acids is 1. The van der Waals surface area contributed by atoms with E-state index in [4.69, 9.17) is 9.15 Å². The van der Waals surface area contributed by atoms with Gasteiger partial charge in [0.2, 0.25) is 5.89 Å². The Labute approximate surface area is 162 Å². The number of pyridine rings is 1. The van der Waals surface area contributed by atoms with Crippen LogP contribution >= 0.6 is 0 Å². The largest absolute Gasteiger partial charge is 0.482 e. The van der Waals surface area contributed by atoms with Gasteiger partial charge in [0.1, 0.15) is 17.5 Å². The van der Waals surface area contributed by atoms with Gasteiger partial charge in [0.25, 0.3) is 5.91 Å². The number of rotatable bonds is 6. The van der Waals surface area contributed by atoms with Gasteiger partial charge in [-0.05, 0) is 30.2 Å². The van der Waals surface area contributed by atoms with Crippen molar-refractivity contribution in [1.29, 1.82) is 0 Å². The first-order valence-corrected chi connectivity index (χ1v) is 8.94. The first-order valence-electron chi connectivity index (χ1n) is 8.94. The van der Waals surface area contributed by atoms with E-state index in [1.807, 2.05) is 61.5 Å². The Kier molecular flexibility index (Phi) is 5.01. The molecule has 4 aromatic rings. The molecule has 0 atom stereocenters. The van der Waals surface area contributed by atoms with E-state index in [0.29, 0.717) is 18.2 Å². The van der Waals surface area contributed by atoms with E-state index in [2.05, 4.69) is 15.3 Å². The summed E-state index contributed by atoms with van der Waals surface area (Å²) < 4.78 is 11.2. The highest BCUT2D eigenvalue weighted by atomic mass is 16.5. The number of benzene rings is 2. The maximum atomic E-state index is 12.3. The summed E-state index contributed by atoms with van der Waals surface area (Å²) in [5.41, 5.74) is 3.18. The Hall–Kier alpha value is -3.67. The molecule has 2 heterocycles. The SMILES string of the molecule is Cc1ccccc1CNC(=O)c1coc(COc2cccc3cccnc23)n1. The summed E-state index contributed by atoms with van der Waals surface area (Å²) in [6, 6.07) is 17.5. The number of aryl methyl sites for hydroxylation is 1. The predicted octanol–water partition coefficient (Wildman–Crippen LogP) is 4.04. The molecule has 1 N–H and O–H groups in total. The van der Waals surface area contributed by atoms with Crippen LogP contribution in [0.1, 0.15) is 27.5 Å². The van der Waals surface area contributed by atoms with Crippen molar-refractivity contribution in [3.63, 3.8) is 0 Å². The Morgan fingerprint density at radius 2 is 1.96 bits per heavy atom. The van der Waals surface area contributed by atoms with Crippen molar-refractivity contribution in [1.82, 2.24) is 15.3 Å². The fourth-order valence-electron chi connectivity index (χ4n) is 2.89. The lowest BCUT2D eigenvalue weighted by Gasteiger charge is -2.06. The van der Waals surface area contributed by atoms with Crippen molar-refractivity contribution in [2.24, 2.45) is 0 Å². The standard InChI is InChI=1S/C22H19N3O3/c1-15-6-2-3-7-17(15)12-24-22(26)18-13-28-20(25-18)14-27-19-10-4-8-16-9-5-11-23-21(16)19/h2-11,13H,12,14H2,1H3,(H,24,26). The minimum Gasteiger partial charge on any atom is -0.482 e. The number of nitrogens with one attached hydrogen (secondary N) is 1. The molecule has 0 aliphatic carbocycles. The van der Waals surface area contributed by atoms with Gasteiger partial charge in [0, 0.05) is 18.1 Å². The molecule has 2 aromatic heterocycles. The molecule has 0 saturated heterocycles. The first kappa shape index (κ1) is 17.7. The number of hydrogen-bond donors (Lipinski definition) is 1. The van der Waals surface area contributed by atoms with Crippen LogP contribution < -0.4 is 10.1 Å². The van der Waals surface area contributed by atoms with Gasteiger partial charge in [-0.2, -0.15) is 0 Å². The second kappa shape index (κ2) is 7.92. The number of ether oxygens (including phenoxy) is 1. The van der Waals surface area contributed by atoms with Crippen molar-refractivity contribution in [3.05, 3.63) is 89.8 Å². The molecule has 6 nitrogen and oxygen atoms in total. The highest BCUT2D eigenvalue weighted by Crippen LogP contribution is 2.23. The van der Waals surface area contributed by atoms with Crippen LogP contribution in [0, 0.1) is 6.92 Å². The van der Waals surface area contributed by atoms with Crippen LogP contribution in [0.3, 0.4) is 0 Å². The average molecular weight is 373 g/mol. The number of oxazole rings is 1. The van der Waals surface area contributed by atoms with Crippen LogP contribution in [-0.2, 0) is 13.2 Å². The fourth-order valence-corrected chi connectivity index (χ4v) is 2.89. The highest BCUT2D eigenvalue weighted by Gasteiger charge is 2.13. The van der Waals surface area contributed by atoms with Gasteiger partial charge in [0.05, 0.1) is 0 Å². The molecule has 0 bridgehead atoms. The third kappa shape index (κ3) is 3.86. The van der Waals surface area contributed by atoms with Gasteiger partial charge < -0.3 is 14.5 Å². The minimum atomic E-state index is -0.287. The van der Waals surface area contributed by atoms with E-state index in [1.165, 1.54) is 6.26 Å². The third-order valence-electron chi connectivity index (χ3n) is 4.43. The van der Waals surface area contributed by atoms with Crippen molar-refractivity contribution < 1.29 is 13.9 Å². The van der Waals surface area contributed by atoms with Crippen LogP contribution in [0.4, 0.5) is 0 Å². The highest BCUT2D eigenvalue weighted by molar-refractivity contribution is 5.91. The molecule has 28 heavy (non-hydrogen) atoms. The van der Waals surface area contributed by atoms with Crippen molar-refractivity contribution in [2.75, 3.05) is 0 Å². The molecule has 0 aliphatic heterocycles. The topological polar surface area (TPSA) is 77.2 Å². The lowest BCUT2D eigenvalue weighted by molar-refractivity contribution is 0.0946. The van der Waals surface area contributed by atoms with Gasteiger partial charge in [-0.3, -0.25) is 9.78 Å². The summed E-state index contributed by atoms with van der Waals surface area (Å²) >= 11 is 0. The third-order valence-corrected chi connectivity index (χ3v) is 4.43. The summed E-state index contributed by atoms with van der Waals surface area (Å²) in [5.74, 6) is 0.681. The number of nitrogens with zero attached hydrogens (tertiary/aromatic N) is 2. The number of amides is 1. The van der Waals surface area contributed by atoms with E-state index in [1.54, 1.807) is 6.20 Å². The Morgan fingerprint density at radius 3 is 2.86 bits per heavy atom. The summed E-state index contributed by atoms with van der Waals surface area (Å²) in [5, 5.41) is 3.84. The number of aromatic nitrogens is 2. The van der Waals surface area contributed by atoms with Gasteiger partial charge in [-0.15, -0.1) is 0 Å². The van der Waals surface area contributed by atoms with Gasteiger partial charge >= 0.3 is 0 Å². The van der Waals surface area contributed by atoms with Crippen LogP contribution in [-0.4, -0.2) is 15.9 Å². The summed E-state index contributed by atoms with van der Waals surface area (Å²) in [7, 11) is 0. The summed E-state index contributed by atoms with van der Waals surface area (Å²) in [6.45, 7) is 2.56. The quantitative estimate of drug-likeness (QED) is 0.552. The van der Waals surface area contributed by atoms with Crippen molar-refractivity contribution in [2.45, 2.75) is 20.1 Å². The molecule has 2 aromatic carbocycles. The van der Waals surface area contributed by atoms with E-state index in [9.17, 15) is 4.79 Å². The minimum absolute atomic E-state index is 0.112. The average Bonchev–Trinajstić information content (AvgIpc) is 3.20. The summed E-state index contributed by atoms with van der Waals surface area (Å²) in [6.07, 6.45) is 3.06. The Morgan fingerprint density at radius 1 is 1.11 bits per heavy atom. The predicted molar refractivity (Wildman–Crippen MR) is 105 cm³/mol. The maximum absolute atomic E-state index is 12.3. The molecule has 140 valence electrons. The molecule has 0 unspecified atom stereocenters. The fraction of sp³-hybridized carbons (Fsp3) is 0.136. The maximum Gasteiger partial charge on any atom is 0.273 e. The van der Waals surface area contributed by atoms with Crippen LogP contribution in [0.2, 0.25) is 0 Å². The first-order chi connectivity index (χ1) is 13.7. The molecule has 6 heteroatoms. The molecule has 0 aliphatic rings. The number of fused-ring (bicyclic) bond motifs is 1. The van der Waals surface area contributed by atoms with Crippen LogP contribution in [0.15, 0.2) is 71.5 Å². The van der Waals surface area contributed by atoms with E-state index < -0.39 is 0 Å². The van der Waals surface area contributed by atoms with E-state index in [-0.39, 0.29) is 18.2 Å². The van der Waals surface area contributed by atoms with E-state index in [0.717, 1.165) is 22.0 Å². The van der Waals surface area contributed by atoms with Crippen molar-refractivity contribution in [3.8, 4) is 5.75 Å². The molecule has 0 radical (unpaired) electrons. The zero-order valence-corrected chi connectivity index (χ0v) is 15.4. The number of carbonyl (C=O) groups is 1. The zero-order chi connectivity index (χ0) is 19.3. The molecule has 1 amide bonds. The molecule has 0 spiro atoms. The zero-order valence-electron chi connectivity index (χ0n) is 15.4. The van der Waals surface area contributed by atoms with Crippen LogP contribution in [0.5, 0.6) is 5.75 Å². The Bertz CT molecular complexity index is 1120. The van der Waals surface area contributed by atoms with Gasteiger partial charge in [0.15, 0.2) is 12.3 Å². The normalized spacial score (nSPS) is 10.8. The molecule has 0 saturated carbocycles. The molecule has 4 rings (SSSR count). The van der Waals surface area contributed by atoms with E-state index >= 15 is 0 Å². The monoisotopic (exact) mass is 373 g/mol. The molecular weight excluding hydrogens is 354 g/mol. The molecular formula is C22H19N3O3. The van der Waals surface area contributed by atoms with Gasteiger partial charge in [-0.1, -0.05) is 42.5 Å². The lowest BCUT2D eigenvalue weighted by atomic mass is 10.1. The summed E-state index contributed by atoms with van der Waals surface area (Å²) in [4.78, 5) is 20.9. The second-order valence-corrected chi connectivity index (χ2v) is 6.36. The van der Waals surface area contributed by atoms with Crippen molar-refractivity contribution >= 4 is 16.8 Å². The number of hydrogen-bond acceptors (Lipinski definition) is 5. The smallest absolute Gasteiger partial charge is 0.273 e.